The maximum absolute atomic E-state index is 2.56. The normalized spacial score (nSPS) is 17.8. The van der Waals surface area contributed by atoms with Crippen LogP contribution in [-0.4, -0.2) is 8.07 Å². The van der Waals surface area contributed by atoms with E-state index in [-0.39, 0.29) is 0 Å². The lowest BCUT2D eigenvalue weighted by Crippen LogP contribution is -2.41. The molecule has 0 bridgehead atoms. The molecule has 1 aliphatic carbocycles. The Morgan fingerprint density at radius 3 is 2.65 bits per heavy atom. The minimum absolute atomic E-state index is 1.14. The van der Waals surface area contributed by atoms with Gasteiger partial charge in [-0.3, -0.25) is 0 Å². The number of rotatable bonds is 1. The quantitative estimate of drug-likeness (QED) is 0.555. The van der Waals surface area contributed by atoms with Gasteiger partial charge in [0, 0.05) is 28.7 Å². The largest absolute Gasteiger partial charge is 0.213 e. The Morgan fingerprint density at radius 2 is 1.85 bits per heavy atom. The Balaban J connectivity index is 1.98. The third-order valence-corrected chi connectivity index (χ3v) is 6.92. The van der Waals surface area contributed by atoms with Crippen LogP contribution in [-0.2, 0) is 6.54 Å². The maximum atomic E-state index is 2.56. The smallest absolute Gasteiger partial charge is 0.188 e. The lowest BCUT2D eigenvalue weighted by Gasteiger charge is -2.18. The van der Waals surface area contributed by atoms with Crippen LogP contribution in [0.4, 0.5) is 0 Å². The molecule has 2 heterocycles. The second-order valence-electron chi connectivity index (χ2n) is 7.23. The number of hydrogen-bond donors (Lipinski definition) is 0. The molecular formula is C18H22NSi+. The summed E-state index contributed by atoms with van der Waals surface area (Å²) in [6, 6.07) is 11.7. The van der Waals surface area contributed by atoms with Crippen LogP contribution in [0.5, 0.6) is 0 Å². The van der Waals surface area contributed by atoms with Crippen molar-refractivity contribution in [3.8, 4) is 0 Å². The molecule has 2 aromatic rings. The van der Waals surface area contributed by atoms with Gasteiger partial charge in [-0.15, -0.1) is 0 Å². The molecule has 4 rings (SSSR count). The number of pyridine rings is 1. The van der Waals surface area contributed by atoms with E-state index in [9.17, 15) is 0 Å². The van der Waals surface area contributed by atoms with Gasteiger partial charge in [0.1, 0.15) is 0 Å². The molecule has 0 spiro atoms. The van der Waals surface area contributed by atoms with E-state index < -0.39 is 8.07 Å². The number of benzene rings is 1. The topological polar surface area (TPSA) is 3.88 Å². The van der Waals surface area contributed by atoms with Crippen molar-refractivity contribution in [3.05, 3.63) is 41.6 Å². The van der Waals surface area contributed by atoms with Crippen molar-refractivity contribution in [1.29, 1.82) is 0 Å². The van der Waals surface area contributed by atoms with Gasteiger partial charge in [0.15, 0.2) is 6.54 Å². The Morgan fingerprint density at radius 1 is 1.00 bits per heavy atom. The van der Waals surface area contributed by atoms with Crippen LogP contribution in [0.2, 0.25) is 19.6 Å². The Bertz CT molecular complexity index is 750. The SMILES string of the molecule is C[Si](C)(C)c1cccc2c1ccc1[n+]2CC2=C1CCC2. The highest BCUT2D eigenvalue weighted by Gasteiger charge is 2.34. The summed E-state index contributed by atoms with van der Waals surface area (Å²) in [6.07, 6.45) is 3.96. The van der Waals surface area contributed by atoms with Gasteiger partial charge in [-0.05, 0) is 30.5 Å². The zero-order valence-corrected chi connectivity index (χ0v) is 13.7. The minimum atomic E-state index is -1.29. The molecular weight excluding hydrogens is 258 g/mol. The number of hydrogen-bond acceptors (Lipinski definition) is 0. The third-order valence-electron chi connectivity index (χ3n) is 4.87. The van der Waals surface area contributed by atoms with E-state index in [4.69, 9.17) is 0 Å². The molecule has 102 valence electrons. The van der Waals surface area contributed by atoms with Crippen molar-refractivity contribution in [3.63, 3.8) is 0 Å². The minimum Gasteiger partial charge on any atom is -0.188 e. The first-order valence-electron chi connectivity index (χ1n) is 7.73. The molecule has 2 aliphatic rings. The van der Waals surface area contributed by atoms with Gasteiger partial charge < -0.3 is 0 Å². The van der Waals surface area contributed by atoms with E-state index in [2.05, 4.69) is 54.5 Å². The highest BCUT2D eigenvalue weighted by molar-refractivity contribution is 6.90. The van der Waals surface area contributed by atoms with Crippen molar-refractivity contribution < 1.29 is 4.57 Å². The van der Waals surface area contributed by atoms with Gasteiger partial charge in [-0.1, -0.05) is 31.8 Å². The van der Waals surface area contributed by atoms with Crippen molar-refractivity contribution in [1.82, 2.24) is 0 Å². The highest BCUT2D eigenvalue weighted by atomic mass is 28.3. The monoisotopic (exact) mass is 280 g/mol. The van der Waals surface area contributed by atoms with E-state index >= 15 is 0 Å². The van der Waals surface area contributed by atoms with E-state index in [0.717, 1.165) is 6.54 Å². The van der Waals surface area contributed by atoms with E-state index in [1.165, 1.54) is 35.9 Å². The molecule has 0 saturated carbocycles. The molecule has 20 heavy (non-hydrogen) atoms. The average molecular weight is 280 g/mol. The molecule has 0 saturated heterocycles. The summed E-state index contributed by atoms with van der Waals surface area (Å²) in [5.41, 5.74) is 6.26. The average Bonchev–Trinajstić information content (AvgIpc) is 2.96. The lowest BCUT2D eigenvalue weighted by molar-refractivity contribution is -0.660. The summed E-state index contributed by atoms with van der Waals surface area (Å²) >= 11 is 0. The second kappa shape index (κ2) is 4.04. The molecule has 0 radical (unpaired) electrons. The molecule has 1 nitrogen and oxygen atoms in total. The van der Waals surface area contributed by atoms with Gasteiger partial charge in [0.25, 0.3) is 0 Å². The van der Waals surface area contributed by atoms with Gasteiger partial charge in [0.2, 0.25) is 11.2 Å². The molecule has 2 heteroatoms. The van der Waals surface area contributed by atoms with Crippen molar-refractivity contribution in [2.75, 3.05) is 0 Å². The molecule has 1 aromatic carbocycles. The van der Waals surface area contributed by atoms with Crippen LogP contribution in [0, 0.1) is 0 Å². The number of nitrogens with zero attached hydrogens (tertiary/aromatic N) is 1. The fraction of sp³-hybridized carbons (Fsp3) is 0.389. The zero-order valence-electron chi connectivity index (χ0n) is 12.7. The molecule has 0 atom stereocenters. The van der Waals surface area contributed by atoms with Crippen LogP contribution in [0.15, 0.2) is 35.9 Å². The summed E-state index contributed by atoms with van der Waals surface area (Å²) < 4.78 is 2.56. The number of aromatic nitrogens is 1. The molecule has 1 aromatic heterocycles. The first-order chi connectivity index (χ1) is 9.55. The van der Waals surface area contributed by atoms with Crippen molar-refractivity contribution >= 4 is 29.7 Å². The van der Waals surface area contributed by atoms with Crippen LogP contribution < -0.4 is 9.75 Å². The van der Waals surface area contributed by atoms with Crippen LogP contribution in [0.3, 0.4) is 0 Å². The number of allylic oxidation sites excluding steroid dienone is 2. The lowest BCUT2D eigenvalue weighted by atomic mass is 10.1. The predicted octanol–water partition coefficient (Wildman–Crippen LogP) is 3.62. The van der Waals surface area contributed by atoms with Gasteiger partial charge in [-0.2, -0.15) is 4.57 Å². The zero-order chi connectivity index (χ0) is 13.9. The van der Waals surface area contributed by atoms with Gasteiger partial charge in [0.05, 0.1) is 8.07 Å². The Labute approximate surface area is 122 Å². The molecule has 1 aliphatic heterocycles. The van der Waals surface area contributed by atoms with E-state index in [0.29, 0.717) is 0 Å². The standard InChI is InChI=1S/C18H22NSi/c1-20(2,3)18-9-5-8-16-15(18)10-11-17-14-7-4-6-13(14)12-19(16)17/h5,8-11H,4,6-7,12H2,1-3H3/q+1. The maximum Gasteiger partial charge on any atom is 0.213 e. The molecule has 0 amide bonds. The van der Waals surface area contributed by atoms with Gasteiger partial charge >= 0.3 is 0 Å². The highest BCUT2D eigenvalue weighted by Crippen LogP contribution is 2.37. The van der Waals surface area contributed by atoms with Gasteiger partial charge in [-0.25, -0.2) is 0 Å². The summed E-state index contributed by atoms with van der Waals surface area (Å²) in [6.45, 7) is 8.46. The summed E-state index contributed by atoms with van der Waals surface area (Å²) in [4.78, 5) is 0. The summed E-state index contributed by atoms with van der Waals surface area (Å²) in [5.74, 6) is 0. The predicted molar refractivity (Wildman–Crippen MR) is 87.9 cm³/mol. The van der Waals surface area contributed by atoms with Crippen LogP contribution >= 0.6 is 0 Å². The first kappa shape index (κ1) is 12.3. The molecule has 0 N–H and O–H groups in total. The van der Waals surface area contributed by atoms with E-state index in [1.54, 1.807) is 16.3 Å². The fourth-order valence-corrected chi connectivity index (χ4v) is 5.53. The summed E-state index contributed by atoms with van der Waals surface area (Å²) in [5, 5.41) is 3.08. The first-order valence-corrected chi connectivity index (χ1v) is 11.2. The fourth-order valence-electron chi connectivity index (χ4n) is 3.91. The van der Waals surface area contributed by atoms with Crippen LogP contribution in [0.1, 0.15) is 25.0 Å². The van der Waals surface area contributed by atoms with Crippen molar-refractivity contribution in [2.45, 2.75) is 45.4 Å². The van der Waals surface area contributed by atoms with Crippen LogP contribution in [0.25, 0.3) is 16.5 Å². The molecule has 0 fully saturated rings. The molecule has 0 unspecified atom stereocenters. The second-order valence-corrected chi connectivity index (χ2v) is 12.3. The van der Waals surface area contributed by atoms with E-state index in [1.807, 2.05) is 0 Å². The Hall–Kier alpha value is -1.41. The summed E-state index contributed by atoms with van der Waals surface area (Å²) in [7, 11) is -1.29. The Kier molecular flexibility index (Phi) is 2.49. The van der Waals surface area contributed by atoms with Crippen molar-refractivity contribution in [2.24, 2.45) is 0 Å². The number of fused-ring (bicyclic) bond motifs is 4. The third kappa shape index (κ3) is 1.64.